The Morgan fingerprint density at radius 2 is 1.74 bits per heavy atom. The van der Waals surface area contributed by atoms with E-state index in [1.165, 1.54) is 6.42 Å². The summed E-state index contributed by atoms with van der Waals surface area (Å²) in [5, 5.41) is 6.13. The van der Waals surface area contributed by atoms with Crippen molar-refractivity contribution in [3.63, 3.8) is 0 Å². The highest BCUT2D eigenvalue weighted by Crippen LogP contribution is 2.43. The lowest BCUT2D eigenvalue weighted by Crippen LogP contribution is -2.54. The van der Waals surface area contributed by atoms with Crippen molar-refractivity contribution in [2.24, 2.45) is 0 Å². The van der Waals surface area contributed by atoms with Gasteiger partial charge in [0.2, 0.25) is 11.8 Å². The van der Waals surface area contributed by atoms with Gasteiger partial charge < -0.3 is 15.4 Å². The molecule has 5 nitrogen and oxygen atoms in total. The standard InChI is InChI=1S/C17H28N2O3S/c1-15(5-3-6-15)22-11-13(20)19-16(9-10-16)12-18-14(21)17(23-2)7-4-8-17/h3-12H2,1-2H3,(H,18,21)(H,19,20). The zero-order valence-electron chi connectivity index (χ0n) is 14.2. The van der Waals surface area contributed by atoms with Crippen molar-refractivity contribution in [2.75, 3.05) is 19.4 Å². The van der Waals surface area contributed by atoms with Crippen molar-refractivity contribution in [3.8, 4) is 0 Å². The molecule has 23 heavy (non-hydrogen) atoms. The zero-order chi connectivity index (χ0) is 16.6. The molecule has 0 bridgehead atoms. The van der Waals surface area contributed by atoms with Crippen molar-refractivity contribution in [3.05, 3.63) is 0 Å². The monoisotopic (exact) mass is 340 g/mol. The fourth-order valence-electron chi connectivity index (χ4n) is 3.32. The lowest BCUT2D eigenvalue weighted by atomic mass is 9.82. The van der Waals surface area contributed by atoms with Gasteiger partial charge in [0.05, 0.1) is 15.9 Å². The summed E-state index contributed by atoms with van der Waals surface area (Å²) in [5.41, 5.74) is -0.336. The van der Waals surface area contributed by atoms with E-state index in [4.69, 9.17) is 4.74 Å². The first-order valence-electron chi connectivity index (χ1n) is 8.70. The van der Waals surface area contributed by atoms with Crippen molar-refractivity contribution in [1.29, 1.82) is 0 Å². The molecule has 2 N–H and O–H groups in total. The molecule has 0 aromatic heterocycles. The third-order valence-electron chi connectivity index (χ3n) is 5.77. The minimum absolute atomic E-state index is 0.0619. The van der Waals surface area contributed by atoms with E-state index in [1.54, 1.807) is 11.8 Å². The van der Waals surface area contributed by atoms with Gasteiger partial charge in [-0.05, 0) is 64.5 Å². The molecule has 6 heteroatoms. The summed E-state index contributed by atoms with van der Waals surface area (Å²) in [4.78, 5) is 24.5. The van der Waals surface area contributed by atoms with Gasteiger partial charge in [0, 0.05) is 6.54 Å². The molecular weight excluding hydrogens is 312 g/mol. The van der Waals surface area contributed by atoms with E-state index in [-0.39, 0.29) is 34.3 Å². The molecule has 3 saturated carbocycles. The SMILES string of the molecule is CSC1(C(=O)NCC2(NC(=O)COC3(C)CCC3)CC2)CCC1. The Bertz CT molecular complexity index is 477. The molecule has 130 valence electrons. The Kier molecular flexibility index (Phi) is 4.67. The first-order valence-corrected chi connectivity index (χ1v) is 9.92. The van der Waals surface area contributed by atoms with Crippen LogP contribution in [0.25, 0.3) is 0 Å². The second kappa shape index (κ2) is 6.28. The summed E-state index contributed by atoms with van der Waals surface area (Å²) < 4.78 is 5.50. The van der Waals surface area contributed by atoms with Crippen LogP contribution in [0.5, 0.6) is 0 Å². The summed E-state index contributed by atoms with van der Waals surface area (Å²) in [7, 11) is 0. The molecule has 0 atom stereocenters. The van der Waals surface area contributed by atoms with E-state index in [0.717, 1.165) is 44.9 Å². The van der Waals surface area contributed by atoms with Gasteiger partial charge in [0.15, 0.2) is 0 Å². The van der Waals surface area contributed by atoms with Crippen LogP contribution in [-0.2, 0) is 14.3 Å². The van der Waals surface area contributed by atoms with Crippen LogP contribution in [0.1, 0.15) is 58.3 Å². The molecular formula is C17H28N2O3S. The van der Waals surface area contributed by atoms with Crippen LogP contribution in [0.2, 0.25) is 0 Å². The Labute approximate surface area is 142 Å². The normalized spacial score (nSPS) is 25.7. The number of ether oxygens (including phenoxy) is 1. The quantitative estimate of drug-likeness (QED) is 0.709. The predicted octanol–water partition coefficient (Wildman–Crippen LogP) is 2.00. The van der Waals surface area contributed by atoms with Gasteiger partial charge in [-0.2, -0.15) is 0 Å². The average molecular weight is 340 g/mol. The maximum absolute atomic E-state index is 12.4. The summed E-state index contributed by atoms with van der Waals surface area (Å²) in [6.07, 6.45) is 10.2. The summed E-state index contributed by atoms with van der Waals surface area (Å²) in [5.74, 6) is 0.0723. The van der Waals surface area contributed by atoms with Gasteiger partial charge in [0.1, 0.15) is 6.61 Å². The van der Waals surface area contributed by atoms with E-state index < -0.39 is 0 Å². The largest absolute Gasteiger partial charge is 0.365 e. The van der Waals surface area contributed by atoms with Gasteiger partial charge in [-0.15, -0.1) is 11.8 Å². The fraction of sp³-hybridized carbons (Fsp3) is 0.882. The smallest absolute Gasteiger partial charge is 0.246 e. The molecule has 2 amide bonds. The topological polar surface area (TPSA) is 67.4 Å². The number of carbonyl (C=O) groups excluding carboxylic acids is 2. The van der Waals surface area contributed by atoms with Crippen LogP contribution < -0.4 is 10.6 Å². The molecule has 3 aliphatic carbocycles. The van der Waals surface area contributed by atoms with Crippen LogP contribution >= 0.6 is 11.8 Å². The molecule has 0 saturated heterocycles. The van der Waals surface area contributed by atoms with E-state index in [0.29, 0.717) is 6.54 Å². The van der Waals surface area contributed by atoms with Crippen molar-refractivity contribution in [1.82, 2.24) is 10.6 Å². The van der Waals surface area contributed by atoms with Gasteiger partial charge in [-0.3, -0.25) is 9.59 Å². The summed E-state index contributed by atoms with van der Waals surface area (Å²) >= 11 is 1.65. The third kappa shape index (κ3) is 3.68. The number of hydrogen-bond acceptors (Lipinski definition) is 4. The Balaban J connectivity index is 1.41. The molecule has 0 aliphatic heterocycles. The van der Waals surface area contributed by atoms with Gasteiger partial charge >= 0.3 is 0 Å². The highest BCUT2D eigenvalue weighted by molar-refractivity contribution is 8.00. The van der Waals surface area contributed by atoms with Gasteiger partial charge in [-0.1, -0.05) is 0 Å². The highest BCUT2D eigenvalue weighted by atomic mass is 32.2. The number of amides is 2. The molecule has 0 heterocycles. The van der Waals surface area contributed by atoms with Crippen molar-refractivity contribution < 1.29 is 14.3 Å². The number of rotatable bonds is 8. The molecule has 0 spiro atoms. The van der Waals surface area contributed by atoms with Gasteiger partial charge in [0.25, 0.3) is 0 Å². The molecule has 0 radical (unpaired) electrons. The Morgan fingerprint density at radius 1 is 1.09 bits per heavy atom. The van der Waals surface area contributed by atoms with Crippen LogP contribution in [0.15, 0.2) is 0 Å². The van der Waals surface area contributed by atoms with E-state index in [1.807, 2.05) is 6.26 Å². The van der Waals surface area contributed by atoms with Crippen LogP contribution in [0.4, 0.5) is 0 Å². The van der Waals surface area contributed by atoms with E-state index in [2.05, 4.69) is 17.6 Å². The van der Waals surface area contributed by atoms with E-state index >= 15 is 0 Å². The molecule has 3 fully saturated rings. The van der Waals surface area contributed by atoms with Crippen molar-refractivity contribution >= 4 is 23.6 Å². The highest BCUT2D eigenvalue weighted by Gasteiger charge is 2.48. The minimum Gasteiger partial charge on any atom is -0.365 e. The predicted molar refractivity (Wildman–Crippen MR) is 91.4 cm³/mol. The van der Waals surface area contributed by atoms with Crippen LogP contribution in [-0.4, -0.2) is 47.1 Å². The van der Waals surface area contributed by atoms with Crippen LogP contribution in [0, 0.1) is 0 Å². The fourth-order valence-corrected chi connectivity index (χ4v) is 4.27. The molecule has 3 aliphatic rings. The van der Waals surface area contributed by atoms with Crippen molar-refractivity contribution in [2.45, 2.75) is 74.2 Å². The van der Waals surface area contributed by atoms with Gasteiger partial charge in [-0.25, -0.2) is 0 Å². The maximum Gasteiger partial charge on any atom is 0.246 e. The first kappa shape index (κ1) is 17.1. The number of nitrogens with one attached hydrogen (secondary N) is 2. The summed E-state index contributed by atoms with van der Waals surface area (Å²) in [6.45, 7) is 2.73. The second-order valence-corrected chi connectivity index (χ2v) is 8.85. The minimum atomic E-state index is -0.236. The molecule has 3 rings (SSSR count). The number of hydrogen-bond donors (Lipinski definition) is 2. The average Bonchev–Trinajstić information content (AvgIpc) is 3.20. The second-order valence-electron chi connectivity index (χ2n) is 7.66. The Morgan fingerprint density at radius 3 is 2.17 bits per heavy atom. The van der Waals surface area contributed by atoms with Crippen LogP contribution in [0.3, 0.4) is 0 Å². The Hall–Kier alpha value is -0.750. The molecule has 0 aromatic carbocycles. The van der Waals surface area contributed by atoms with E-state index in [9.17, 15) is 9.59 Å². The maximum atomic E-state index is 12.4. The molecule has 0 unspecified atom stereocenters. The number of thioether (sulfide) groups is 1. The lowest BCUT2D eigenvalue weighted by Gasteiger charge is -2.39. The molecule has 0 aromatic rings. The lowest BCUT2D eigenvalue weighted by molar-refractivity contribution is -0.140. The zero-order valence-corrected chi connectivity index (χ0v) is 15.0. The first-order chi connectivity index (χ1) is 10.9. The number of carbonyl (C=O) groups is 2. The summed E-state index contributed by atoms with van der Waals surface area (Å²) in [6, 6.07) is 0. The third-order valence-corrected chi connectivity index (χ3v) is 7.15.